The summed E-state index contributed by atoms with van der Waals surface area (Å²) in [6.45, 7) is 7.91. The highest BCUT2D eigenvalue weighted by Crippen LogP contribution is 2.41. The van der Waals surface area contributed by atoms with Gasteiger partial charge in [0, 0.05) is 37.0 Å². The number of hydrogen-bond donors (Lipinski definition) is 0. The van der Waals surface area contributed by atoms with Crippen molar-refractivity contribution < 1.29 is 27.8 Å². The average Bonchev–Trinajstić information content (AvgIpc) is 3.50. The van der Waals surface area contributed by atoms with Crippen LogP contribution in [0.3, 0.4) is 0 Å². The van der Waals surface area contributed by atoms with Crippen LogP contribution in [-0.4, -0.2) is 94.3 Å². The summed E-state index contributed by atoms with van der Waals surface area (Å²) in [5, 5.41) is 0.394. The van der Waals surface area contributed by atoms with Gasteiger partial charge in [-0.2, -0.15) is 9.97 Å². The fourth-order valence-corrected chi connectivity index (χ4v) is 7.31. The summed E-state index contributed by atoms with van der Waals surface area (Å²) < 4.78 is 41.7. The van der Waals surface area contributed by atoms with Crippen molar-refractivity contribution in [2.75, 3.05) is 37.7 Å². The number of aldehydes is 1. The van der Waals surface area contributed by atoms with Gasteiger partial charge in [-0.05, 0) is 75.0 Å². The van der Waals surface area contributed by atoms with E-state index in [-0.39, 0.29) is 46.3 Å². The molecule has 6 rings (SSSR count). The average molecular weight is 623 g/mol. The second-order valence-electron chi connectivity index (χ2n) is 12.5. The van der Waals surface area contributed by atoms with Crippen LogP contribution in [-0.2, 0) is 4.74 Å². The quantitative estimate of drug-likeness (QED) is 0.436. The molecule has 216 valence electrons. The Morgan fingerprint density at radius 3 is 2.62 bits per heavy atom. The summed E-state index contributed by atoms with van der Waals surface area (Å²) in [6.07, 6.45) is 3.18. The standard InChI is InChI=1S/C28H34BrF2N5O4/c1-27(2,3)40-26(38)36-18-5-6-19(36)13-34(12-18)24-20-9-16(14-37)21(29)22(31)23(20)32-25(33-24)39-15-28-7-4-8-35(28)11-17(30)10-28/h9,14,17-19H,4-8,10-13,15H2,1-3H3/t17-,18-,19+,28+/m1/s1. The minimum Gasteiger partial charge on any atom is -0.461 e. The molecule has 40 heavy (non-hydrogen) atoms. The molecule has 4 saturated heterocycles. The molecule has 4 fully saturated rings. The van der Waals surface area contributed by atoms with Crippen LogP contribution < -0.4 is 9.64 Å². The molecule has 0 radical (unpaired) electrons. The van der Waals surface area contributed by atoms with E-state index in [1.165, 1.54) is 0 Å². The summed E-state index contributed by atoms with van der Waals surface area (Å²) in [5.41, 5.74) is -0.819. The number of piperazine rings is 1. The summed E-state index contributed by atoms with van der Waals surface area (Å²) >= 11 is 3.19. The molecule has 4 atom stereocenters. The molecule has 12 heteroatoms. The number of alkyl halides is 1. The van der Waals surface area contributed by atoms with Gasteiger partial charge in [-0.15, -0.1) is 0 Å². The lowest BCUT2D eigenvalue weighted by atomic mass is 9.95. The first-order valence-corrected chi connectivity index (χ1v) is 14.7. The molecule has 0 spiro atoms. The van der Waals surface area contributed by atoms with Crippen molar-refractivity contribution in [2.45, 2.75) is 82.3 Å². The Morgan fingerprint density at radius 2 is 1.95 bits per heavy atom. The maximum absolute atomic E-state index is 15.6. The molecule has 4 aliphatic rings. The van der Waals surface area contributed by atoms with E-state index < -0.39 is 23.1 Å². The zero-order valence-corrected chi connectivity index (χ0v) is 24.5. The third-order valence-corrected chi connectivity index (χ3v) is 9.41. The van der Waals surface area contributed by atoms with Gasteiger partial charge in [0.05, 0.1) is 22.1 Å². The molecule has 5 heterocycles. The largest absolute Gasteiger partial charge is 0.461 e. The summed E-state index contributed by atoms with van der Waals surface area (Å²) in [7, 11) is 0. The Kier molecular flexibility index (Phi) is 6.92. The number of amides is 1. The van der Waals surface area contributed by atoms with E-state index in [1.54, 1.807) is 6.07 Å². The summed E-state index contributed by atoms with van der Waals surface area (Å²) in [4.78, 5) is 39.9. The number of fused-ring (bicyclic) bond motifs is 4. The van der Waals surface area contributed by atoms with Crippen LogP contribution in [0.5, 0.6) is 6.01 Å². The lowest BCUT2D eigenvalue weighted by molar-refractivity contribution is 0.0122. The van der Waals surface area contributed by atoms with Crippen molar-refractivity contribution in [1.82, 2.24) is 19.8 Å². The van der Waals surface area contributed by atoms with E-state index in [1.807, 2.05) is 30.6 Å². The predicted octanol–water partition coefficient (Wildman–Crippen LogP) is 4.89. The Hall–Kier alpha value is -2.60. The van der Waals surface area contributed by atoms with Crippen molar-refractivity contribution >= 4 is 45.0 Å². The summed E-state index contributed by atoms with van der Waals surface area (Å²) in [6, 6.07) is 1.40. The lowest BCUT2D eigenvalue weighted by Crippen LogP contribution is -2.57. The van der Waals surface area contributed by atoms with Crippen molar-refractivity contribution in [1.29, 1.82) is 0 Å². The molecule has 1 aromatic carbocycles. The molecule has 0 unspecified atom stereocenters. The number of halogens is 3. The number of carbonyl (C=O) groups excluding carboxylic acids is 2. The smallest absolute Gasteiger partial charge is 0.410 e. The van der Waals surface area contributed by atoms with Crippen LogP contribution in [0.1, 0.15) is 63.2 Å². The van der Waals surface area contributed by atoms with Crippen LogP contribution in [0, 0.1) is 5.82 Å². The molecule has 0 saturated carbocycles. The number of aromatic nitrogens is 2. The van der Waals surface area contributed by atoms with Gasteiger partial charge < -0.3 is 14.4 Å². The summed E-state index contributed by atoms with van der Waals surface area (Å²) in [5.74, 6) is -0.223. The van der Waals surface area contributed by atoms with Gasteiger partial charge in [-0.25, -0.2) is 13.6 Å². The lowest BCUT2D eigenvalue weighted by Gasteiger charge is -2.42. The Labute approximate surface area is 240 Å². The first kappa shape index (κ1) is 27.6. The highest BCUT2D eigenvalue weighted by molar-refractivity contribution is 9.10. The molecule has 1 amide bonds. The maximum Gasteiger partial charge on any atom is 0.410 e. The van der Waals surface area contributed by atoms with E-state index in [9.17, 15) is 14.0 Å². The third-order valence-electron chi connectivity index (χ3n) is 8.60. The molecule has 0 N–H and O–H groups in total. The second kappa shape index (κ2) is 10.0. The van der Waals surface area contributed by atoms with Gasteiger partial charge in [0.2, 0.25) is 0 Å². The third kappa shape index (κ3) is 4.80. The van der Waals surface area contributed by atoms with Gasteiger partial charge in [-0.1, -0.05) is 0 Å². The van der Waals surface area contributed by atoms with Crippen molar-refractivity contribution in [3.63, 3.8) is 0 Å². The van der Waals surface area contributed by atoms with Crippen molar-refractivity contribution in [3.05, 3.63) is 21.9 Å². The molecule has 0 aliphatic carbocycles. The molecule has 4 aliphatic heterocycles. The van der Waals surface area contributed by atoms with Gasteiger partial charge in [0.25, 0.3) is 0 Å². The molecule has 9 nitrogen and oxygen atoms in total. The van der Waals surface area contributed by atoms with Crippen LogP contribution in [0.4, 0.5) is 19.4 Å². The number of nitrogens with zero attached hydrogens (tertiary/aromatic N) is 5. The number of anilines is 1. The van der Waals surface area contributed by atoms with Gasteiger partial charge in [0.1, 0.15) is 29.7 Å². The fourth-order valence-electron chi connectivity index (χ4n) is 6.91. The van der Waals surface area contributed by atoms with Gasteiger partial charge in [-0.3, -0.25) is 14.6 Å². The van der Waals surface area contributed by atoms with Gasteiger partial charge >= 0.3 is 12.1 Å². The predicted molar refractivity (Wildman–Crippen MR) is 148 cm³/mol. The fraction of sp³-hybridized carbons (Fsp3) is 0.643. The molecule has 2 bridgehead atoms. The Morgan fingerprint density at radius 1 is 1.23 bits per heavy atom. The highest BCUT2D eigenvalue weighted by atomic mass is 79.9. The van der Waals surface area contributed by atoms with E-state index in [2.05, 4.69) is 25.8 Å². The van der Waals surface area contributed by atoms with Crippen LogP contribution in [0.25, 0.3) is 10.9 Å². The first-order chi connectivity index (χ1) is 19.0. The highest BCUT2D eigenvalue weighted by Gasteiger charge is 2.50. The van der Waals surface area contributed by atoms with Gasteiger partial charge in [0.15, 0.2) is 12.1 Å². The Bertz CT molecular complexity index is 1340. The molecular formula is C28H34BrF2N5O4. The maximum atomic E-state index is 15.6. The topological polar surface area (TPSA) is 88.1 Å². The number of benzene rings is 1. The van der Waals surface area contributed by atoms with E-state index in [4.69, 9.17) is 14.5 Å². The second-order valence-corrected chi connectivity index (χ2v) is 13.3. The zero-order chi connectivity index (χ0) is 28.4. The molecular weight excluding hydrogens is 588 g/mol. The van der Waals surface area contributed by atoms with E-state index in [0.717, 1.165) is 32.2 Å². The number of hydrogen-bond acceptors (Lipinski definition) is 8. The number of carbonyl (C=O) groups is 2. The Balaban J connectivity index is 1.34. The minimum atomic E-state index is -0.899. The van der Waals surface area contributed by atoms with E-state index in [0.29, 0.717) is 43.5 Å². The van der Waals surface area contributed by atoms with E-state index >= 15 is 4.39 Å². The monoisotopic (exact) mass is 621 g/mol. The van der Waals surface area contributed by atoms with Crippen molar-refractivity contribution in [3.8, 4) is 6.01 Å². The van der Waals surface area contributed by atoms with Crippen LogP contribution in [0.2, 0.25) is 0 Å². The van der Waals surface area contributed by atoms with Crippen molar-refractivity contribution in [2.24, 2.45) is 0 Å². The normalized spacial score (nSPS) is 28.3. The van der Waals surface area contributed by atoms with Crippen LogP contribution in [0.15, 0.2) is 10.5 Å². The number of ether oxygens (including phenoxy) is 2. The van der Waals surface area contributed by atoms with Crippen LogP contribution >= 0.6 is 15.9 Å². The number of rotatable bonds is 5. The first-order valence-electron chi connectivity index (χ1n) is 13.9. The molecule has 2 aromatic rings. The molecule has 1 aromatic heterocycles. The SMILES string of the molecule is CC(C)(C)OC(=O)N1[C@@H]2CC[C@H]1CN(c1nc(OC[C@@]34CCCN3C[C@H](F)C4)nc3c(F)c(Br)c(C=O)cc13)C2. The zero-order valence-electron chi connectivity index (χ0n) is 23.0. The minimum absolute atomic E-state index is 0.0117.